The first-order valence-corrected chi connectivity index (χ1v) is 10.1. The van der Waals surface area contributed by atoms with Gasteiger partial charge in [-0.05, 0) is 30.7 Å². The van der Waals surface area contributed by atoms with Crippen molar-refractivity contribution < 1.29 is 35.5 Å². The largest absolute Gasteiger partial charge is 0.586 e. The number of benzene rings is 2. The molecule has 160 valence electrons. The van der Waals surface area contributed by atoms with Crippen molar-refractivity contribution in [2.24, 2.45) is 0 Å². The van der Waals surface area contributed by atoms with Crippen LogP contribution in [0.4, 0.5) is 17.6 Å². The van der Waals surface area contributed by atoms with E-state index in [0.717, 1.165) is 31.3 Å². The van der Waals surface area contributed by atoms with Crippen molar-refractivity contribution in [1.29, 1.82) is 5.41 Å². The van der Waals surface area contributed by atoms with E-state index < -0.39 is 50.5 Å². The summed E-state index contributed by atoms with van der Waals surface area (Å²) in [5.41, 5.74) is -2.03. The molecular formula is C18H15F4N3O4S. The molecule has 2 aromatic rings. The molecule has 2 aliphatic heterocycles. The first-order valence-electron chi connectivity index (χ1n) is 8.55. The number of alkyl halides is 2. The highest BCUT2D eigenvalue weighted by molar-refractivity contribution is 7.90. The maximum absolute atomic E-state index is 14.7. The molecule has 2 heterocycles. The van der Waals surface area contributed by atoms with Crippen LogP contribution in [0, 0.1) is 17.0 Å². The number of hydrogen-bond donors (Lipinski definition) is 2. The van der Waals surface area contributed by atoms with Crippen molar-refractivity contribution in [3.8, 4) is 11.5 Å². The van der Waals surface area contributed by atoms with Gasteiger partial charge in [-0.1, -0.05) is 12.1 Å². The Bertz CT molecular complexity index is 1170. The SMILES string of the molecule is CN1C(=N)N[C@](C)(c2ccc(F)cc2F)[C@@H](c2ccc3c(c2)OC(F)(F)O3)S1(=O)=O. The zero-order valence-corrected chi connectivity index (χ0v) is 16.4. The number of fused-ring (bicyclic) bond motifs is 1. The topological polar surface area (TPSA) is 91.7 Å². The lowest BCUT2D eigenvalue weighted by atomic mass is 9.84. The molecule has 0 bridgehead atoms. The summed E-state index contributed by atoms with van der Waals surface area (Å²) in [6, 6.07) is 6.02. The summed E-state index contributed by atoms with van der Waals surface area (Å²) < 4.78 is 90.8. The Kier molecular flexibility index (Phi) is 4.21. The maximum Gasteiger partial charge on any atom is 0.586 e. The summed E-state index contributed by atoms with van der Waals surface area (Å²) in [5.74, 6) is -3.12. The van der Waals surface area contributed by atoms with Gasteiger partial charge in [0.25, 0.3) is 0 Å². The van der Waals surface area contributed by atoms with Crippen LogP contribution in [0.25, 0.3) is 0 Å². The Labute approximate surface area is 168 Å². The van der Waals surface area contributed by atoms with Gasteiger partial charge in [0.1, 0.15) is 16.9 Å². The average molecular weight is 445 g/mol. The van der Waals surface area contributed by atoms with Crippen molar-refractivity contribution in [3.05, 3.63) is 59.2 Å². The summed E-state index contributed by atoms with van der Waals surface area (Å²) in [7, 11) is -3.21. The van der Waals surface area contributed by atoms with Crippen LogP contribution in [-0.2, 0) is 15.6 Å². The second-order valence-corrected chi connectivity index (χ2v) is 9.12. The van der Waals surface area contributed by atoms with E-state index >= 15 is 0 Å². The van der Waals surface area contributed by atoms with Crippen molar-refractivity contribution in [3.63, 3.8) is 0 Å². The second-order valence-electron chi connectivity index (χ2n) is 7.07. The van der Waals surface area contributed by atoms with E-state index in [-0.39, 0.29) is 16.9 Å². The molecular weight excluding hydrogens is 430 g/mol. The van der Waals surface area contributed by atoms with Gasteiger partial charge in [0, 0.05) is 18.7 Å². The predicted octanol–water partition coefficient (Wildman–Crippen LogP) is 3.04. The van der Waals surface area contributed by atoms with E-state index in [1.165, 1.54) is 13.0 Å². The summed E-state index contributed by atoms with van der Waals surface area (Å²) in [5, 5.41) is 9.07. The predicted molar refractivity (Wildman–Crippen MR) is 96.6 cm³/mol. The highest BCUT2D eigenvalue weighted by Gasteiger charge is 2.54. The number of rotatable bonds is 2. The number of ether oxygens (including phenoxy) is 2. The Hall–Kier alpha value is -3.02. The lowest BCUT2D eigenvalue weighted by Crippen LogP contribution is -2.62. The molecule has 12 heteroatoms. The number of hydrogen-bond acceptors (Lipinski definition) is 5. The molecule has 4 rings (SSSR count). The van der Waals surface area contributed by atoms with E-state index in [9.17, 15) is 26.0 Å². The molecule has 2 N–H and O–H groups in total. The summed E-state index contributed by atoms with van der Waals surface area (Å²) in [6.45, 7) is 1.33. The molecule has 0 spiro atoms. The average Bonchev–Trinajstić information content (AvgIpc) is 2.92. The Morgan fingerprint density at radius 2 is 1.77 bits per heavy atom. The minimum Gasteiger partial charge on any atom is -0.395 e. The van der Waals surface area contributed by atoms with Gasteiger partial charge < -0.3 is 14.8 Å². The number of nitrogens with zero attached hydrogens (tertiary/aromatic N) is 1. The highest BCUT2D eigenvalue weighted by atomic mass is 32.2. The number of sulfonamides is 1. The van der Waals surface area contributed by atoms with Gasteiger partial charge in [-0.15, -0.1) is 8.78 Å². The minimum absolute atomic E-state index is 0.0203. The summed E-state index contributed by atoms with van der Waals surface area (Å²) >= 11 is 0. The smallest absolute Gasteiger partial charge is 0.395 e. The van der Waals surface area contributed by atoms with Gasteiger partial charge in [0.15, 0.2) is 11.5 Å². The standard InChI is InChI=1S/C18H15F4N3O4S/c1-17(11-5-4-10(19)8-12(11)20)15(30(26,27)25(2)16(23)24-17)9-3-6-13-14(7-9)29-18(21,22)28-13/h3-8,15H,1-2H3,(H2,23,24)/t15-,17-/m1/s1. The molecule has 0 saturated carbocycles. The van der Waals surface area contributed by atoms with Crippen LogP contribution >= 0.6 is 0 Å². The molecule has 2 aliphatic rings. The molecule has 0 aromatic heterocycles. The molecule has 2 atom stereocenters. The van der Waals surface area contributed by atoms with Gasteiger partial charge in [-0.3, -0.25) is 5.41 Å². The number of guanidine groups is 1. The Balaban J connectivity index is 1.93. The first kappa shape index (κ1) is 20.3. The normalized spacial score (nSPS) is 26.4. The molecule has 2 aromatic carbocycles. The third-order valence-electron chi connectivity index (χ3n) is 5.12. The van der Waals surface area contributed by atoms with Crippen LogP contribution in [0.3, 0.4) is 0 Å². The van der Waals surface area contributed by atoms with Crippen LogP contribution < -0.4 is 14.8 Å². The number of nitrogens with one attached hydrogen (secondary N) is 2. The van der Waals surface area contributed by atoms with Crippen LogP contribution in [0.1, 0.15) is 23.3 Å². The lowest BCUT2D eigenvalue weighted by Gasteiger charge is -2.46. The van der Waals surface area contributed by atoms with Gasteiger partial charge in [-0.2, -0.15) is 0 Å². The van der Waals surface area contributed by atoms with E-state index in [0.29, 0.717) is 10.4 Å². The molecule has 7 nitrogen and oxygen atoms in total. The number of halogens is 4. The highest BCUT2D eigenvalue weighted by Crippen LogP contribution is 2.49. The lowest BCUT2D eigenvalue weighted by molar-refractivity contribution is -0.286. The monoisotopic (exact) mass is 445 g/mol. The maximum atomic E-state index is 14.7. The molecule has 0 aliphatic carbocycles. The van der Waals surface area contributed by atoms with Crippen LogP contribution in [0.5, 0.6) is 11.5 Å². The van der Waals surface area contributed by atoms with Gasteiger partial charge in [0.05, 0.1) is 5.54 Å². The van der Waals surface area contributed by atoms with Gasteiger partial charge >= 0.3 is 6.29 Å². The fourth-order valence-electron chi connectivity index (χ4n) is 3.73. The van der Waals surface area contributed by atoms with Crippen molar-refractivity contribution in [1.82, 2.24) is 9.62 Å². The fraction of sp³-hybridized carbons (Fsp3) is 0.278. The minimum atomic E-state index is -4.33. The molecule has 1 fully saturated rings. The quantitative estimate of drug-likeness (QED) is 0.694. The van der Waals surface area contributed by atoms with Crippen LogP contribution in [0.15, 0.2) is 36.4 Å². The van der Waals surface area contributed by atoms with E-state index in [1.54, 1.807) is 0 Å². The molecule has 0 unspecified atom stereocenters. The second kappa shape index (κ2) is 6.24. The van der Waals surface area contributed by atoms with Crippen LogP contribution in [0.2, 0.25) is 0 Å². The van der Waals surface area contributed by atoms with E-state index in [4.69, 9.17) is 5.41 Å². The zero-order valence-electron chi connectivity index (χ0n) is 15.5. The Morgan fingerprint density at radius 1 is 1.10 bits per heavy atom. The first-order chi connectivity index (χ1) is 13.8. The molecule has 30 heavy (non-hydrogen) atoms. The Morgan fingerprint density at radius 3 is 2.43 bits per heavy atom. The van der Waals surface area contributed by atoms with E-state index in [2.05, 4.69) is 14.8 Å². The van der Waals surface area contributed by atoms with Gasteiger partial charge in [-0.25, -0.2) is 21.5 Å². The van der Waals surface area contributed by atoms with E-state index in [1.807, 2.05) is 0 Å². The zero-order chi connectivity index (χ0) is 22.1. The van der Waals surface area contributed by atoms with Crippen LogP contribution in [-0.4, -0.2) is 32.0 Å². The summed E-state index contributed by atoms with van der Waals surface area (Å²) in [6.07, 6.45) is -3.91. The van der Waals surface area contributed by atoms with Crippen molar-refractivity contribution >= 4 is 16.0 Å². The fourth-order valence-corrected chi connectivity index (χ4v) is 5.62. The molecule has 0 radical (unpaired) electrons. The third kappa shape index (κ3) is 2.93. The molecule has 1 saturated heterocycles. The van der Waals surface area contributed by atoms with Crippen molar-refractivity contribution in [2.45, 2.75) is 24.0 Å². The van der Waals surface area contributed by atoms with Gasteiger partial charge in [0.2, 0.25) is 16.0 Å². The summed E-state index contributed by atoms with van der Waals surface area (Å²) in [4.78, 5) is 0. The van der Waals surface area contributed by atoms with Crippen molar-refractivity contribution in [2.75, 3.05) is 7.05 Å². The third-order valence-corrected chi connectivity index (χ3v) is 7.40. The molecule has 0 amide bonds.